The van der Waals surface area contributed by atoms with Gasteiger partial charge in [0.25, 0.3) is 0 Å². The minimum atomic E-state index is 0.631. The van der Waals surface area contributed by atoms with Crippen molar-refractivity contribution in [3.05, 3.63) is 50.4 Å². The lowest BCUT2D eigenvalue weighted by Crippen LogP contribution is -1.99. The Morgan fingerprint density at radius 2 is 2.00 bits per heavy atom. The van der Waals surface area contributed by atoms with E-state index in [9.17, 15) is 5.26 Å². The highest BCUT2D eigenvalue weighted by Gasteiger charge is 2.17. The highest BCUT2D eigenvalue weighted by molar-refractivity contribution is 7.13. The van der Waals surface area contributed by atoms with E-state index >= 15 is 0 Å². The molecule has 0 spiro atoms. The number of nitrogens with zero attached hydrogens (tertiary/aromatic N) is 2. The summed E-state index contributed by atoms with van der Waals surface area (Å²) in [6.45, 7) is 0. The van der Waals surface area contributed by atoms with Crippen LogP contribution in [0.5, 0.6) is 0 Å². The smallest absolute Gasteiger partial charge is 0.134 e. The van der Waals surface area contributed by atoms with Gasteiger partial charge in [-0.15, -0.1) is 11.3 Å². The zero-order valence-electron chi connectivity index (χ0n) is 10.9. The van der Waals surface area contributed by atoms with Gasteiger partial charge in [0.05, 0.1) is 11.3 Å². The fourth-order valence-electron chi connectivity index (χ4n) is 2.33. The number of halogens is 1. The van der Waals surface area contributed by atoms with Crippen molar-refractivity contribution in [1.29, 1.82) is 5.26 Å². The topological polar surface area (TPSA) is 36.7 Å². The molecule has 2 aromatic rings. The maximum absolute atomic E-state index is 9.38. The van der Waals surface area contributed by atoms with Crippen LogP contribution >= 0.6 is 22.9 Å². The Hall–Kier alpha value is -1.63. The lowest BCUT2D eigenvalue weighted by Gasteiger charge is -2.06. The SMILES string of the molecule is N#C/C(=C\c1ccc(Cl)cc1)c1nc2c(s1)CCCC2. The van der Waals surface area contributed by atoms with Gasteiger partial charge in [0.2, 0.25) is 0 Å². The Morgan fingerprint density at radius 3 is 2.70 bits per heavy atom. The van der Waals surface area contributed by atoms with Crippen LogP contribution in [0.4, 0.5) is 0 Å². The van der Waals surface area contributed by atoms with Crippen LogP contribution < -0.4 is 0 Å². The van der Waals surface area contributed by atoms with Crippen LogP contribution in [0, 0.1) is 11.3 Å². The Labute approximate surface area is 127 Å². The molecule has 0 N–H and O–H groups in total. The van der Waals surface area contributed by atoms with E-state index in [0.717, 1.165) is 23.4 Å². The lowest BCUT2D eigenvalue weighted by molar-refractivity contribution is 0.682. The van der Waals surface area contributed by atoms with E-state index < -0.39 is 0 Å². The molecule has 0 saturated heterocycles. The Morgan fingerprint density at radius 1 is 1.25 bits per heavy atom. The second-order valence-corrected chi connectivity index (χ2v) is 6.34. The first-order valence-electron chi connectivity index (χ1n) is 6.62. The van der Waals surface area contributed by atoms with Gasteiger partial charge >= 0.3 is 0 Å². The van der Waals surface area contributed by atoms with Crippen molar-refractivity contribution >= 4 is 34.6 Å². The summed E-state index contributed by atoms with van der Waals surface area (Å²) < 4.78 is 0. The number of thiazole rings is 1. The first-order valence-corrected chi connectivity index (χ1v) is 7.82. The number of benzene rings is 1. The van der Waals surface area contributed by atoms with Gasteiger partial charge in [0.15, 0.2) is 0 Å². The maximum atomic E-state index is 9.38. The van der Waals surface area contributed by atoms with Crippen molar-refractivity contribution in [1.82, 2.24) is 4.98 Å². The monoisotopic (exact) mass is 300 g/mol. The predicted molar refractivity (Wildman–Crippen MR) is 83.7 cm³/mol. The van der Waals surface area contributed by atoms with Gasteiger partial charge in [-0.25, -0.2) is 4.98 Å². The van der Waals surface area contributed by atoms with Crippen molar-refractivity contribution in [2.24, 2.45) is 0 Å². The normalized spacial score (nSPS) is 14.7. The van der Waals surface area contributed by atoms with Crippen LogP contribution in [-0.2, 0) is 12.8 Å². The quantitative estimate of drug-likeness (QED) is 0.751. The molecule has 0 bridgehead atoms. The molecule has 0 amide bonds. The second-order valence-electron chi connectivity index (χ2n) is 4.82. The van der Waals surface area contributed by atoms with Crippen molar-refractivity contribution in [3.8, 4) is 6.07 Å². The van der Waals surface area contributed by atoms with E-state index in [1.165, 1.54) is 23.4 Å². The van der Waals surface area contributed by atoms with E-state index in [0.29, 0.717) is 10.6 Å². The van der Waals surface area contributed by atoms with E-state index in [1.54, 1.807) is 11.3 Å². The molecular weight excluding hydrogens is 288 g/mol. The minimum Gasteiger partial charge on any atom is -0.240 e. The summed E-state index contributed by atoms with van der Waals surface area (Å²) >= 11 is 7.53. The molecule has 20 heavy (non-hydrogen) atoms. The summed E-state index contributed by atoms with van der Waals surface area (Å²) in [7, 11) is 0. The molecule has 0 aliphatic heterocycles. The molecule has 1 aliphatic rings. The van der Waals surface area contributed by atoms with Crippen LogP contribution in [0.3, 0.4) is 0 Å². The van der Waals surface area contributed by atoms with Gasteiger partial charge in [-0.1, -0.05) is 23.7 Å². The fraction of sp³-hybridized carbons (Fsp3) is 0.250. The van der Waals surface area contributed by atoms with E-state index in [1.807, 2.05) is 30.3 Å². The maximum Gasteiger partial charge on any atom is 0.134 e. The number of rotatable bonds is 2. The molecule has 1 heterocycles. The van der Waals surface area contributed by atoms with Crippen molar-refractivity contribution in [2.75, 3.05) is 0 Å². The standard InChI is InChI=1S/C16H13ClN2S/c17-13-7-5-11(6-8-13)9-12(10-18)16-19-14-3-1-2-4-15(14)20-16/h5-9H,1-4H2/b12-9+. The van der Waals surface area contributed by atoms with Crippen LogP contribution in [0.1, 0.15) is 34.0 Å². The third-order valence-corrected chi connectivity index (χ3v) is 4.82. The van der Waals surface area contributed by atoms with Crippen LogP contribution in [0.15, 0.2) is 24.3 Å². The van der Waals surface area contributed by atoms with E-state index in [4.69, 9.17) is 11.6 Å². The third kappa shape index (κ3) is 2.77. The zero-order chi connectivity index (χ0) is 13.9. The number of aromatic nitrogens is 1. The van der Waals surface area contributed by atoms with Crippen molar-refractivity contribution in [2.45, 2.75) is 25.7 Å². The molecule has 4 heteroatoms. The molecule has 3 rings (SSSR count). The molecular formula is C16H13ClN2S. The van der Waals surface area contributed by atoms with E-state index in [2.05, 4.69) is 11.1 Å². The minimum absolute atomic E-state index is 0.631. The summed E-state index contributed by atoms with van der Waals surface area (Å²) in [6.07, 6.45) is 6.47. The first-order chi connectivity index (χ1) is 9.76. The number of fused-ring (bicyclic) bond motifs is 1. The van der Waals surface area contributed by atoms with Crippen molar-refractivity contribution < 1.29 is 0 Å². The van der Waals surface area contributed by atoms with E-state index in [-0.39, 0.29) is 0 Å². The molecule has 0 radical (unpaired) electrons. The Kier molecular flexibility index (Phi) is 3.86. The molecule has 0 unspecified atom stereocenters. The lowest BCUT2D eigenvalue weighted by atomic mass is 10.0. The molecule has 0 atom stereocenters. The molecule has 100 valence electrons. The highest BCUT2D eigenvalue weighted by atomic mass is 35.5. The number of hydrogen-bond donors (Lipinski definition) is 0. The Balaban J connectivity index is 1.95. The fourth-order valence-corrected chi connectivity index (χ4v) is 3.58. The van der Waals surface area contributed by atoms with Gasteiger partial charge in [-0.05, 0) is 49.5 Å². The van der Waals surface area contributed by atoms with Crippen molar-refractivity contribution in [3.63, 3.8) is 0 Å². The van der Waals surface area contributed by atoms with Crippen LogP contribution in [-0.4, -0.2) is 4.98 Å². The van der Waals surface area contributed by atoms with Gasteiger partial charge in [-0.3, -0.25) is 0 Å². The number of hydrogen-bond acceptors (Lipinski definition) is 3. The van der Waals surface area contributed by atoms with Crippen LogP contribution in [0.25, 0.3) is 11.6 Å². The average molecular weight is 301 g/mol. The highest BCUT2D eigenvalue weighted by Crippen LogP contribution is 2.31. The molecule has 1 aromatic carbocycles. The molecule has 1 aromatic heterocycles. The predicted octanol–water partition coefficient (Wildman–Crippen LogP) is 4.74. The number of nitriles is 1. The van der Waals surface area contributed by atoms with Gasteiger partial charge in [-0.2, -0.15) is 5.26 Å². The zero-order valence-corrected chi connectivity index (χ0v) is 12.5. The summed E-state index contributed by atoms with van der Waals surface area (Å²) in [4.78, 5) is 5.99. The summed E-state index contributed by atoms with van der Waals surface area (Å²) in [5, 5.41) is 10.9. The molecule has 1 aliphatic carbocycles. The first kappa shape index (κ1) is 13.4. The van der Waals surface area contributed by atoms with Gasteiger partial charge < -0.3 is 0 Å². The molecule has 2 nitrogen and oxygen atoms in total. The summed E-state index contributed by atoms with van der Waals surface area (Å²) in [5.41, 5.74) is 2.79. The number of aryl methyl sites for hydroxylation is 2. The molecule has 0 fully saturated rings. The average Bonchev–Trinajstić information content (AvgIpc) is 2.90. The van der Waals surface area contributed by atoms with Gasteiger partial charge in [0, 0.05) is 9.90 Å². The number of allylic oxidation sites excluding steroid dienone is 1. The summed E-state index contributed by atoms with van der Waals surface area (Å²) in [6, 6.07) is 9.74. The largest absolute Gasteiger partial charge is 0.240 e. The molecule has 0 saturated carbocycles. The summed E-state index contributed by atoms with van der Waals surface area (Å²) in [5.74, 6) is 0. The van der Waals surface area contributed by atoms with Gasteiger partial charge in [0.1, 0.15) is 11.1 Å². The van der Waals surface area contributed by atoms with Crippen LogP contribution in [0.2, 0.25) is 5.02 Å². The Bertz CT molecular complexity index is 669. The second kappa shape index (κ2) is 5.78. The third-order valence-electron chi connectivity index (χ3n) is 3.38.